The van der Waals surface area contributed by atoms with Crippen LogP contribution in [0.15, 0.2) is 41.3 Å². The first-order chi connectivity index (χ1) is 11.3. The molecule has 1 aliphatic heterocycles. The van der Waals surface area contributed by atoms with Gasteiger partial charge in [-0.3, -0.25) is 9.52 Å². The highest BCUT2D eigenvalue weighted by Gasteiger charge is 2.25. The fourth-order valence-electron chi connectivity index (χ4n) is 2.79. The number of benzene rings is 2. The van der Waals surface area contributed by atoms with Gasteiger partial charge in [-0.2, -0.15) is 0 Å². The Balaban J connectivity index is 1.91. The van der Waals surface area contributed by atoms with Crippen LogP contribution in [0, 0.1) is 6.92 Å². The Kier molecular flexibility index (Phi) is 3.96. The highest BCUT2D eigenvalue weighted by Crippen LogP contribution is 2.31. The molecule has 6 nitrogen and oxygen atoms in total. The molecule has 2 aromatic carbocycles. The van der Waals surface area contributed by atoms with E-state index in [0.717, 1.165) is 11.3 Å². The van der Waals surface area contributed by atoms with E-state index in [1.54, 1.807) is 49.2 Å². The predicted octanol–water partition coefficient (Wildman–Crippen LogP) is 2.32. The van der Waals surface area contributed by atoms with Crippen molar-refractivity contribution in [3.8, 4) is 5.75 Å². The number of sulfonamides is 1. The number of rotatable bonds is 4. The third-order valence-corrected chi connectivity index (χ3v) is 5.62. The minimum atomic E-state index is -3.72. The molecule has 0 spiro atoms. The zero-order chi connectivity index (χ0) is 17.5. The summed E-state index contributed by atoms with van der Waals surface area (Å²) in [4.78, 5) is 13.5. The number of nitrogens with zero attached hydrogens (tertiary/aromatic N) is 1. The largest absolute Gasteiger partial charge is 0.497 e. The van der Waals surface area contributed by atoms with Gasteiger partial charge in [-0.05, 0) is 54.4 Å². The maximum Gasteiger partial charge on any atom is 0.262 e. The average molecular weight is 346 g/mol. The molecular weight excluding hydrogens is 328 g/mol. The van der Waals surface area contributed by atoms with Gasteiger partial charge in [0.05, 0.1) is 18.4 Å². The molecule has 0 atom stereocenters. The Morgan fingerprint density at radius 2 is 1.92 bits per heavy atom. The lowest BCUT2D eigenvalue weighted by Gasteiger charge is -2.13. The summed E-state index contributed by atoms with van der Waals surface area (Å²) in [5, 5.41) is 0. The van der Waals surface area contributed by atoms with E-state index >= 15 is 0 Å². The molecule has 126 valence electrons. The molecule has 1 N–H and O–H groups in total. The molecule has 0 fully saturated rings. The normalized spacial score (nSPS) is 13.8. The van der Waals surface area contributed by atoms with Crippen LogP contribution in [0.5, 0.6) is 5.75 Å². The lowest BCUT2D eigenvalue weighted by molar-refractivity contribution is -0.117. The summed E-state index contributed by atoms with van der Waals surface area (Å²) in [5.41, 5.74) is 2.66. The molecular formula is C17H18N2O4S. The predicted molar refractivity (Wildman–Crippen MR) is 92.1 cm³/mol. The lowest BCUT2D eigenvalue weighted by Crippen LogP contribution is -2.20. The number of likely N-dealkylation sites (N-methyl/N-ethyl adjacent to an activating group) is 1. The van der Waals surface area contributed by atoms with Crippen LogP contribution in [0.2, 0.25) is 0 Å². The standard InChI is InChI=1S/C17H18N2O4S/c1-11-8-14(23-3)5-7-16(11)24(21,22)18-13-4-6-15-12(9-13)10-17(20)19(15)2/h4-9,18H,10H2,1-3H3. The lowest BCUT2D eigenvalue weighted by atomic mass is 10.1. The van der Waals surface area contributed by atoms with Crippen LogP contribution in [-0.2, 0) is 21.2 Å². The molecule has 1 aliphatic rings. The third-order valence-electron chi connectivity index (χ3n) is 4.08. The zero-order valence-corrected chi connectivity index (χ0v) is 14.5. The fourth-order valence-corrected chi connectivity index (χ4v) is 4.07. The summed E-state index contributed by atoms with van der Waals surface area (Å²) in [5.74, 6) is 0.599. The summed E-state index contributed by atoms with van der Waals surface area (Å²) in [6.07, 6.45) is 0.281. The average Bonchev–Trinajstić information content (AvgIpc) is 2.80. The van der Waals surface area contributed by atoms with Crippen molar-refractivity contribution in [1.82, 2.24) is 0 Å². The van der Waals surface area contributed by atoms with E-state index in [1.807, 2.05) is 0 Å². The molecule has 3 rings (SSSR count). The number of carbonyl (C=O) groups excluding carboxylic acids is 1. The van der Waals surface area contributed by atoms with Gasteiger partial charge in [0.25, 0.3) is 10.0 Å². The van der Waals surface area contributed by atoms with Gasteiger partial charge in [-0.15, -0.1) is 0 Å². The second kappa shape index (κ2) is 5.83. The monoisotopic (exact) mass is 346 g/mol. The first-order valence-electron chi connectivity index (χ1n) is 7.39. The number of hydrogen-bond donors (Lipinski definition) is 1. The van der Waals surface area contributed by atoms with Crippen LogP contribution in [0.1, 0.15) is 11.1 Å². The maximum atomic E-state index is 12.6. The number of anilines is 2. The van der Waals surface area contributed by atoms with Crippen LogP contribution in [-0.4, -0.2) is 28.5 Å². The smallest absolute Gasteiger partial charge is 0.262 e. The van der Waals surface area contributed by atoms with Gasteiger partial charge in [0.1, 0.15) is 5.75 Å². The Labute approximate surface area is 141 Å². The van der Waals surface area contributed by atoms with Crippen LogP contribution in [0.25, 0.3) is 0 Å². The van der Waals surface area contributed by atoms with E-state index in [2.05, 4.69) is 4.72 Å². The number of ether oxygens (including phenoxy) is 1. The Morgan fingerprint density at radius 3 is 2.58 bits per heavy atom. The molecule has 24 heavy (non-hydrogen) atoms. The first kappa shape index (κ1) is 16.3. The molecule has 0 saturated carbocycles. The minimum absolute atomic E-state index is 0.00370. The first-order valence-corrected chi connectivity index (χ1v) is 8.87. The molecule has 0 radical (unpaired) electrons. The van der Waals surface area contributed by atoms with E-state index in [4.69, 9.17) is 4.74 Å². The topological polar surface area (TPSA) is 75.7 Å². The number of hydrogen-bond acceptors (Lipinski definition) is 4. The number of nitrogens with one attached hydrogen (secondary N) is 1. The van der Waals surface area contributed by atoms with Crippen molar-refractivity contribution in [2.24, 2.45) is 0 Å². The number of fused-ring (bicyclic) bond motifs is 1. The summed E-state index contributed by atoms with van der Waals surface area (Å²) < 4.78 is 32.9. The van der Waals surface area contributed by atoms with E-state index < -0.39 is 10.0 Å². The molecule has 0 aromatic heterocycles. The number of carbonyl (C=O) groups is 1. The summed E-state index contributed by atoms with van der Waals surface area (Å²) in [7, 11) is -0.479. The molecule has 1 heterocycles. The van der Waals surface area contributed by atoms with Gasteiger partial charge in [-0.25, -0.2) is 8.42 Å². The molecule has 7 heteroatoms. The van der Waals surface area contributed by atoms with Gasteiger partial charge >= 0.3 is 0 Å². The van der Waals surface area contributed by atoms with Crippen LogP contribution >= 0.6 is 0 Å². The van der Waals surface area contributed by atoms with Crippen LogP contribution in [0.3, 0.4) is 0 Å². The number of amides is 1. The van der Waals surface area contributed by atoms with E-state index in [0.29, 0.717) is 17.0 Å². The number of aryl methyl sites for hydroxylation is 1. The van der Waals surface area contributed by atoms with Gasteiger partial charge in [0.15, 0.2) is 0 Å². The fraction of sp³-hybridized carbons (Fsp3) is 0.235. The minimum Gasteiger partial charge on any atom is -0.497 e. The SMILES string of the molecule is COc1ccc(S(=O)(=O)Nc2ccc3c(c2)CC(=O)N3C)c(C)c1. The van der Waals surface area contributed by atoms with Gasteiger partial charge in [-0.1, -0.05) is 0 Å². The summed E-state index contributed by atoms with van der Waals surface area (Å²) in [6.45, 7) is 1.72. The molecule has 0 unspecified atom stereocenters. The van der Waals surface area contributed by atoms with Crippen molar-refractivity contribution in [2.75, 3.05) is 23.8 Å². The van der Waals surface area contributed by atoms with Crippen molar-refractivity contribution < 1.29 is 17.9 Å². The summed E-state index contributed by atoms with van der Waals surface area (Å²) >= 11 is 0. The number of methoxy groups -OCH3 is 1. The van der Waals surface area contributed by atoms with Gasteiger partial charge in [0, 0.05) is 18.4 Å². The van der Waals surface area contributed by atoms with Crippen LogP contribution < -0.4 is 14.4 Å². The Hall–Kier alpha value is -2.54. The zero-order valence-electron chi connectivity index (χ0n) is 13.7. The molecule has 0 aliphatic carbocycles. The van der Waals surface area contributed by atoms with E-state index in [-0.39, 0.29) is 17.2 Å². The second-order valence-electron chi connectivity index (χ2n) is 5.71. The molecule has 0 saturated heterocycles. The van der Waals surface area contributed by atoms with Crippen molar-refractivity contribution in [3.05, 3.63) is 47.5 Å². The van der Waals surface area contributed by atoms with E-state index in [9.17, 15) is 13.2 Å². The van der Waals surface area contributed by atoms with Gasteiger partial charge in [0.2, 0.25) is 5.91 Å². The third kappa shape index (κ3) is 2.82. The molecule has 2 aromatic rings. The van der Waals surface area contributed by atoms with E-state index in [1.165, 1.54) is 13.2 Å². The Bertz CT molecular complexity index is 922. The second-order valence-corrected chi connectivity index (χ2v) is 7.36. The van der Waals surface area contributed by atoms with Crippen molar-refractivity contribution >= 4 is 27.3 Å². The maximum absolute atomic E-state index is 12.6. The van der Waals surface area contributed by atoms with Crippen molar-refractivity contribution in [2.45, 2.75) is 18.2 Å². The Morgan fingerprint density at radius 1 is 1.17 bits per heavy atom. The van der Waals surface area contributed by atoms with Crippen molar-refractivity contribution in [1.29, 1.82) is 0 Å². The molecule has 0 bridgehead atoms. The summed E-state index contributed by atoms with van der Waals surface area (Å²) in [6, 6.07) is 9.90. The molecule has 1 amide bonds. The highest BCUT2D eigenvalue weighted by atomic mass is 32.2. The van der Waals surface area contributed by atoms with Gasteiger partial charge < -0.3 is 9.64 Å². The highest BCUT2D eigenvalue weighted by molar-refractivity contribution is 7.92. The quantitative estimate of drug-likeness (QED) is 0.922. The van der Waals surface area contributed by atoms with Crippen molar-refractivity contribution in [3.63, 3.8) is 0 Å². The van der Waals surface area contributed by atoms with Crippen LogP contribution in [0.4, 0.5) is 11.4 Å².